The normalized spacial score (nSPS) is 28.3. The van der Waals surface area contributed by atoms with Gasteiger partial charge in [0, 0.05) is 12.3 Å². The number of H-pyrrole nitrogens is 1. The topological polar surface area (TPSA) is 105 Å². The van der Waals surface area contributed by atoms with Crippen molar-refractivity contribution in [2.75, 3.05) is 6.61 Å². The van der Waals surface area contributed by atoms with Crippen molar-refractivity contribution in [3.05, 3.63) is 33.1 Å². The van der Waals surface area contributed by atoms with Gasteiger partial charge in [-0.25, -0.2) is 4.79 Å². The molecule has 3 N–H and O–H groups in total. The minimum absolute atomic E-state index is 0.0603. The van der Waals surface area contributed by atoms with Crippen molar-refractivity contribution in [2.45, 2.75) is 61.7 Å². The summed E-state index contributed by atoms with van der Waals surface area (Å²) < 4.78 is 7.73. The standard InChI is InChI=1S/C15H26N2O5SSi/c1-15(2,3)24(4,5)22-12-11(20)9(8-18)23-13(12)17-7-6-10(19)16-14(17)21/h6-7,9,11-13,18,20H,8H2,1-5H3,(H,16,19,21)/t9-,11-,12-,13-/m1/s1. The Morgan fingerprint density at radius 3 is 2.50 bits per heavy atom. The smallest absolute Gasteiger partial charge is 0.329 e. The molecule has 0 aliphatic carbocycles. The third kappa shape index (κ3) is 3.69. The van der Waals surface area contributed by atoms with Crippen molar-refractivity contribution >= 4 is 20.1 Å². The van der Waals surface area contributed by atoms with E-state index in [1.165, 1.54) is 28.6 Å². The van der Waals surface area contributed by atoms with E-state index >= 15 is 0 Å². The van der Waals surface area contributed by atoms with Crippen molar-refractivity contribution in [2.24, 2.45) is 0 Å². The average molecular weight is 375 g/mol. The van der Waals surface area contributed by atoms with Crippen LogP contribution in [0.3, 0.4) is 0 Å². The second-order valence-electron chi connectivity index (χ2n) is 7.60. The first-order valence-electron chi connectivity index (χ1n) is 7.91. The summed E-state index contributed by atoms with van der Waals surface area (Å²) in [5.74, 6) is 0. The van der Waals surface area contributed by atoms with Gasteiger partial charge in [-0.3, -0.25) is 14.3 Å². The highest BCUT2D eigenvalue weighted by molar-refractivity contribution is 8.00. The highest BCUT2D eigenvalue weighted by Gasteiger charge is 2.49. The van der Waals surface area contributed by atoms with E-state index in [1.807, 2.05) is 0 Å². The van der Waals surface area contributed by atoms with Gasteiger partial charge >= 0.3 is 5.69 Å². The van der Waals surface area contributed by atoms with E-state index < -0.39 is 42.4 Å². The van der Waals surface area contributed by atoms with Gasteiger partial charge in [0.05, 0.1) is 18.0 Å². The van der Waals surface area contributed by atoms with Gasteiger partial charge in [0.25, 0.3) is 5.56 Å². The van der Waals surface area contributed by atoms with E-state index in [-0.39, 0.29) is 11.6 Å². The molecular formula is C15H26N2O5SSi. The van der Waals surface area contributed by atoms with Gasteiger partial charge in [-0.2, -0.15) is 0 Å². The summed E-state index contributed by atoms with van der Waals surface area (Å²) in [5.41, 5.74) is -1.02. The molecule has 1 aliphatic heterocycles. The van der Waals surface area contributed by atoms with Gasteiger partial charge in [-0.15, -0.1) is 11.8 Å². The van der Waals surface area contributed by atoms with Crippen LogP contribution >= 0.6 is 11.8 Å². The Bertz CT molecular complexity index is 696. The Morgan fingerprint density at radius 1 is 1.38 bits per heavy atom. The highest BCUT2D eigenvalue weighted by Crippen LogP contribution is 2.46. The lowest BCUT2D eigenvalue weighted by atomic mass is 10.1. The molecule has 1 fully saturated rings. The molecule has 7 nitrogen and oxygen atoms in total. The largest absolute Gasteiger partial charge is 0.408 e. The lowest BCUT2D eigenvalue weighted by molar-refractivity contribution is 0.0176. The van der Waals surface area contributed by atoms with Crippen LogP contribution in [-0.2, 0) is 4.43 Å². The average Bonchev–Trinajstić information content (AvgIpc) is 2.74. The van der Waals surface area contributed by atoms with E-state index in [0.29, 0.717) is 0 Å². The van der Waals surface area contributed by atoms with Gasteiger partial charge in [0.1, 0.15) is 11.5 Å². The number of aromatic nitrogens is 2. The van der Waals surface area contributed by atoms with E-state index in [2.05, 4.69) is 38.8 Å². The first kappa shape index (κ1) is 19.5. The fraction of sp³-hybridized carbons (Fsp3) is 0.733. The van der Waals surface area contributed by atoms with Gasteiger partial charge in [-0.1, -0.05) is 20.8 Å². The molecule has 2 heterocycles. The lowest BCUT2D eigenvalue weighted by Crippen LogP contribution is -2.49. The third-order valence-corrected chi connectivity index (χ3v) is 10.9. The monoisotopic (exact) mass is 374 g/mol. The Morgan fingerprint density at radius 2 is 2.00 bits per heavy atom. The van der Waals surface area contributed by atoms with Crippen LogP contribution < -0.4 is 11.2 Å². The van der Waals surface area contributed by atoms with Gasteiger partial charge in [-0.05, 0) is 18.1 Å². The van der Waals surface area contributed by atoms with Crippen molar-refractivity contribution in [3.63, 3.8) is 0 Å². The maximum Gasteiger partial charge on any atom is 0.329 e. The van der Waals surface area contributed by atoms with E-state index in [1.54, 1.807) is 0 Å². The van der Waals surface area contributed by atoms with Crippen LogP contribution in [0.1, 0.15) is 26.1 Å². The van der Waals surface area contributed by atoms with Crippen LogP contribution in [0.5, 0.6) is 0 Å². The summed E-state index contributed by atoms with van der Waals surface area (Å²) in [7, 11) is -2.20. The number of rotatable bonds is 4. The van der Waals surface area contributed by atoms with Crippen molar-refractivity contribution < 1.29 is 14.6 Å². The molecule has 1 aromatic rings. The molecule has 24 heavy (non-hydrogen) atoms. The zero-order valence-electron chi connectivity index (χ0n) is 14.6. The molecular weight excluding hydrogens is 348 g/mol. The molecule has 0 aromatic carbocycles. The quantitative estimate of drug-likeness (QED) is 0.676. The van der Waals surface area contributed by atoms with Gasteiger partial charge < -0.3 is 14.6 Å². The fourth-order valence-corrected chi connectivity index (χ4v) is 5.19. The second-order valence-corrected chi connectivity index (χ2v) is 13.7. The molecule has 0 amide bonds. The molecule has 2 rings (SSSR count). The van der Waals surface area contributed by atoms with Crippen molar-refractivity contribution in [3.8, 4) is 0 Å². The summed E-state index contributed by atoms with van der Waals surface area (Å²) in [6.45, 7) is 10.2. The number of nitrogens with zero attached hydrogens (tertiary/aromatic N) is 1. The van der Waals surface area contributed by atoms with Crippen LogP contribution in [0.15, 0.2) is 21.9 Å². The first-order valence-corrected chi connectivity index (χ1v) is 11.8. The molecule has 0 spiro atoms. The Kier molecular flexibility index (Phi) is 5.51. The number of nitrogens with one attached hydrogen (secondary N) is 1. The maximum absolute atomic E-state index is 12.1. The minimum Gasteiger partial charge on any atom is -0.408 e. The van der Waals surface area contributed by atoms with Crippen LogP contribution in [0, 0.1) is 0 Å². The van der Waals surface area contributed by atoms with Crippen molar-refractivity contribution in [1.82, 2.24) is 9.55 Å². The van der Waals surface area contributed by atoms with Gasteiger partial charge in [0.2, 0.25) is 0 Å². The van der Waals surface area contributed by atoms with Gasteiger partial charge in [0.15, 0.2) is 8.32 Å². The Labute approximate surface area is 146 Å². The zero-order chi connectivity index (χ0) is 18.3. The summed E-state index contributed by atoms with van der Waals surface area (Å²) in [6.07, 6.45) is -0.109. The molecule has 9 heteroatoms. The Balaban J connectivity index is 2.41. The number of hydrogen-bond acceptors (Lipinski definition) is 6. The minimum atomic E-state index is -2.20. The number of aromatic amines is 1. The third-order valence-electron chi connectivity index (χ3n) is 4.85. The second kappa shape index (κ2) is 6.79. The maximum atomic E-state index is 12.1. The summed E-state index contributed by atoms with van der Waals surface area (Å²) in [5, 5.41) is 19.1. The van der Waals surface area contributed by atoms with E-state index in [0.717, 1.165) is 0 Å². The van der Waals surface area contributed by atoms with Crippen LogP contribution in [0.25, 0.3) is 0 Å². The molecule has 1 aliphatic rings. The number of thioether (sulfide) groups is 1. The molecule has 1 saturated heterocycles. The zero-order valence-corrected chi connectivity index (χ0v) is 16.5. The molecule has 0 saturated carbocycles. The SMILES string of the molecule is CC(C)(C)[Si](C)(C)O[C@@H]1[C@H](O)[C@@H](CO)S[C@H]1n1ccc(=O)[nH]c1=O. The molecule has 136 valence electrons. The van der Waals surface area contributed by atoms with Crippen LogP contribution in [0.2, 0.25) is 18.1 Å². The first-order chi connectivity index (χ1) is 11.0. The fourth-order valence-electron chi connectivity index (χ4n) is 2.36. The van der Waals surface area contributed by atoms with E-state index in [9.17, 15) is 19.8 Å². The molecule has 1 aromatic heterocycles. The molecule has 0 bridgehead atoms. The lowest BCUT2D eigenvalue weighted by Gasteiger charge is -2.40. The summed E-state index contributed by atoms with van der Waals surface area (Å²) >= 11 is 1.29. The predicted octanol–water partition coefficient (Wildman–Crippen LogP) is 0.894. The van der Waals surface area contributed by atoms with Crippen LogP contribution in [0.4, 0.5) is 0 Å². The number of hydrogen-bond donors (Lipinski definition) is 3. The van der Waals surface area contributed by atoms with Crippen LogP contribution in [-0.4, -0.2) is 52.1 Å². The van der Waals surface area contributed by atoms with Crippen molar-refractivity contribution in [1.29, 1.82) is 0 Å². The summed E-state index contributed by atoms with van der Waals surface area (Å²) in [4.78, 5) is 25.7. The molecule has 0 radical (unpaired) electrons. The number of aliphatic hydroxyl groups is 2. The molecule has 0 unspecified atom stereocenters. The summed E-state index contributed by atoms with van der Waals surface area (Å²) in [6, 6.07) is 1.27. The Hall–Kier alpha value is -0.873. The highest BCUT2D eigenvalue weighted by atomic mass is 32.2. The predicted molar refractivity (Wildman–Crippen MR) is 96.9 cm³/mol. The van der Waals surface area contributed by atoms with E-state index in [4.69, 9.17) is 4.43 Å². The number of aliphatic hydroxyl groups excluding tert-OH is 2. The molecule has 4 atom stereocenters.